The minimum atomic E-state index is -0.546. The van der Waals surface area contributed by atoms with Crippen LogP contribution in [0.1, 0.15) is 126 Å². The molecule has 10 rings (SSSR count). The predicted molar refractivity (Wildman–Crippen MR) is 248 cm³/mol. The van der Waals surface area contributed by atoms with Gasteiger partial charge in [-0.2, -0.15) is 15.5 Å². The lowest BCUT2D eigenvalue weighted by Gasteiger charge is -2.41. The summed E-state index contributed by atoms with van der Waals surface area (Å²) in [6, 6.07) is 12.0. The van der Waals surface area contributed by atoms with Gasteiger partial charge < -0.3 is 20.4 Å². The molecule has 4 aromatic heterocycles. The van der Waals surface area contributed by atoms with Gasteiger partial charge in [0.05, 0.1) is 41.4 Å². The fourth-order valence-electron chi connectivity index (χ4n) is 11.4. The van der Waals surface area contributed by atoms with Gasteiger partial charge in [0.25, 0.3) is 0 Å². The molecule has 5 aromatic rings. The molecule has 2 aliphatic carbocycles. The Balaban J connectivity index is 0.755. The first-order valence-electron chi connectivity index (χ1n) is 24.2. The van der Waals surface area contributed by atoms with Gasteiger partial charge in [0.2, 0.25) is 17.7 Å². The van der Waals surface area contributed by atoms with Crippen molar-refractivity contribution in [3.63, 3.8) is 0 Å². The second-order valence-corrected chi connectivity index (χ2v) is 19.3. The summed E-state index contributed by atoms with van der Waals surface area (Å²) >= 11 is 0. The van der Waals surface area contributed by atoms with Crippen LogP contribution in [0.4, 0.5) is 15.9 Å². The van der Waals surface area contributed by atoms with Gasteiger partial charge in [-0.1, -0.05) is 25.8 Å². The molecule has 1 atom stereocenters. The molecule has 2 saturated carbocycles. The SMILES string of the molecule is CCC1(C(=O)NC2CCCC2)CCN(c2ccc(-c3nc(-c4cnn(C5CCC(N6CCC(c7ccc(N[C@@H]8CCC(=O)NC8=O)cc7F)CC6)CC5)c4)cn4ncc(C#N)c34)cn2)CC1. The average Bonchev–Trinajstić information content (AvgIpc) is 4.15. The molecular weight excluding hydrogens is 836 g/mol. The molecule has 16 heteroatoms. The number of nitrogens with one attached hydrogen (secondary N) is 3. The number of likely N-dealkylation sites (tertiary alicyclic amines) is 1. The fraction of sp³-hybridized carbons (Fsp3) is 0.520. The summed E-state index contributed by atoms with van der Waals surface area (Å²) in [7, 11) is 0. The maximum Gasteiger partial charge on any atom is 0.249 e. The Kier molecular flexibility index (Phi) is 12.3. The van der Waals surface area contributed by atoms with Crippen molar-refractivity contribution >= 4 is 34.7 Å². The molecule has 0 spiro atoms. The Bertz CT molecular complexity index is 2620. The van der Waals surface area contributed by atoms with E-state index in [0.717, 1.165) is 119 Å². The molecule has 3 N–H and O–H groups in total. The molecule has 3 aliphatic heterocycles. The lowest BCUT2D eigenvalue weighted by atomic mass is 9.75. The largest absolute Gasteiger partial charge is 0.374 e. The molecule has 5 fully saturated rings. The van der Waals surface area contributed by atoms with Crippen LogP contribution in [-0.2, 0) is 14.4 Å². The smallest absolute Gasteiger partial charge is 0.249 e. The highest BCUT2D eigenvalue weighted by molar-refractivity contribution is 6.01. The number of imide groups is 1. The predicted octanol–water partition coefficient (Wildman–Crippen LogP) is 7.30. The number of aromatic nitrogens is 6. The van der Waals surface area contributed by atoms with Crippen molar-refractivity contribution in [2.75, 3.05) is 36.4 Å². The first-order valence-corrected chi connectivity index (χ1v) is 24.2. The molecule has 3 saturated heterocycles. The molecule has 344 valence electrons. The van der Waals surface area contributed by atoms with Gasteiger partial charge in [0, 0.05) is 60.8 Å². The number of hydrogen-bond acceptors (Lipinski definition) is 11. The second-order valence-electron chi connectivity index (χ2n) is 19.3. The van der Waals surface area contributed by atoms with Gasteiger partial charge >= 0.3 is 0 Å². The number of piperidine rings is 3. The third kappa shape index (κ3) is 8.77. The van der Waals surface area contributed by atoms with Crippen LogP contribution in [0, 0.1) is 22.6 Å². The van der Waals surface area contributed by atoms with Crippen molar-refractivity contribution in [1.29, 1.82) is 5.26 Å². The van der Waals surface area contributed by atoms with Gasteiger partial charge in [0.1, 0.15) is 34.8 Å². The number of nitriles is 1. The standard InChI is InChI=1S/C50H59FN12O3/c1-2-50(49(66)57-36-5-3-4-6-36)19-23-61(24-20-50)44-15-7-33(27-53-44)46-47-34(26-52)28-55-63(47)31-43(58-46)35-29-54-62(30-35)39-11-9-38(10-12-39)60-21-17-32(18-22-60)40-13-8-37(25-41(40)51)56-42-14-16-45(64)59-48(42)65/h7-8,13,15,25,27-32,36,38-39,42,56H,2-6,9-12,14,16-24H2,1H3,(H,57,66)(H,59,64,65)/t38?,39?,42-/m1/s1. The molecule has 5 aliphatic rings. The molecule has 66 heavy (non-hydrogen) atoms. The normalized spacial score (nSPS) is 23.2. The van der Waals surface area contributed by atoms with Crippen molar-refractivity contribution in [2.45, 2.75) is 133 Å². The van der Waals surface area contributed by atoms with E-state index in [0.29, 0.717) is 46.7 Å². The van der Waals surface area contributed by atoms with Crippen LogP contribution in [0.5, 0.6) is 0 Å². The summed E-state index contributed by atoms with van der Waals surface area (Å²) in [5, 5.41) is 28.2. The number of rotatable bonds is 11. The lowest BCUT2D eigenvalue weighted by molar-refractivity contribution is -0.134. The maximum absolute atomic E-state index is 15.4. The molecule has 1 aromatic carbocycles. The average molecular weight is 895 g/mol. The van der Waals surface area contributed by atoms with E-state index < -0.39 is 6.04 Å². The molecule has 3 amide bonds. The number of amides is 3. The van der Waals surface area contributed by atoms with Gasteiger partial charge in [-0.15, -0.1) is 0 Å². The van der Waals surface area contributed by atoms with Crippen molar-refractivity contribution in [2.24, 2.45) is 5.41 Å². The van der Waals surface area contributed by atoms with Crippen LogP contribution < -0.4 is 20.9 Å². The summed E-state index contributed by atoms with van der Waals surface area (Å²) in [6.07, 6.45) is 22.8. The summed E-state index contributed by atoms with van der Waals surface area (Å²) < 4.78 is 19.2. The second kappa shape index (κ2) is 18.6. The van der Waals surface area contributed by atoms with Crippen molar-refractivity contribution < 1.29 is 18.8 Å². The fourth-order valence-corrected chi connectivity index (χ4v) is 11.4. The van der Waals surface area contributed by atoms with Crippen LogP contribution >= 0.6 is 0 Å². The minimum Gasteiger partial charge on any atom is -0.374 e. The summed E-state index contributed by atoms with van der Waals surface area (Å²) in [5.41, 5.74) is 5.01. The quantitative estimate of drug-likeness (QED) is 0.113. The number of carbonyl (C=O) groups excluding carboxylic acids is 3. The van der Waals surface area contributed by atoms with E-state index >= 15 is 4.39 Å². The monoisotopic (exact) mass is 894 g/mol. The highest BCUT2D eigenvalue weighted by Gasteiger charge is 2.41. The van der Waals surface area contributed by atoms with Crippen LogP contribution in [-0.4, -0.2) is 96.3 Å². The van der Waals surface area contributed by atoms with E-state index in [4.69, 9.17) is 15.1 Å². The number of nitrogens with zero attached hydrogens (tertiary/aromatic N) is 9. The Morgan fingerprint density at radius 3 is 2.36 bits per heavy atom. The molecule has 0 radical (unpaired) electrons. The topological polar surface area (TPSA) is 178 Å². The third-order valence-electron chi connectivity index (χ3n) is 15.5. The molecule has 7 heterocycles. The number of fused-ring (bicyclic) bond motifs is 1. The van der Waals surface area contributed by atoms with Crippen molar-refractivity contribution in [3.05, 3.63) is 78.3 Å². The van der Waals surface area contributed by atoms with E-state index in [1.165, 1.54) is 18.9 Å². The van der Waals surface area contributed by atoms with E-state index in [-0.39, 0.29) is 47.3 Å². The Labute approximate surface area is 384 Å². The van der Waals surface area contributed by atoms with Gasteiger partial charge in [0.15, 0.2) is 0 Å². The zero-order valence-electron chi connectivity index (χ0n) is 37.7. The number of carbonyl (C=O) groups is 3. The Morgan fingerprint density at radius 2 is 1.67 bits per heavy atom. The number of anilines is 2. The van der Waals surface area contributed by atoms with E-state index in [1.807, 2.05) is 42.9 Å². The van der Waals surface area contributed by atoms with Crippen molar-refractivity contribution in [1.82, 2.24) is 44.9 Å². The zero-order chi connectivity index (χ0) is 45.4. The summed E-state index contributed by atoms with van der Waals surface area (Å²) in [5.74, 6) is 0.325. The van der Waals surface area contributed by atoms with E-state index in [1.54, 1.807) is 10.7 Å². The summed E-state index contributed by atoms with van der Waals surface area (Å²) in [4.78, 5) is 52.0. The highest BCUT2D eigenvalue weighted by atomic mass is 19.1. The van der Waals surface area contributed by atoms with Gasteiger partial charge in [-0.25, -0.2) is 18.9 Å². The first-order chi connectivity index (χ1) is 32.2. The summed E-state index contributed by atoms with van der Waals surface area (Å²) in [6.45, 7) is 5.51. The van der Waals surface area contributed by atoms with Crippen molar-refractivity contribution in [3.8, 4) is 28.6 Å². The van der Waals surface area contributed by atoms with Crippen LogP contribution in [0.25, 0.3) is 28.0 Å². The molecule has 0 unspecified atom stereocenters. The first kappa shape index (κ1) is 43.7. The number of benzene rings is 1. The number of pyridine rings is 1. The van der Waals surface area contributed by atoms with E-state index in [9.17, 15) is 19.6 Å². The minimum absolute atomic E-state index is 0.144. The highest BCUT2D eigenvalue weighted by Crippen LogP contribution is 2.39. The van der Waals surface area contributed by atoms with Gasteiger partial charge in [-0.05, 0) is 126 Å². The Hall–Kier alpha value is -6.21. The van der Waals surface area contributed by atoms with E-state index in [2.05, 4.69) is 54.7 Å². The number of hydrogen-bond donors (Lipinski definition) is 3. The van der Waals surface area contributed by atoms with Gasteiger partial charge in [-0.3, -0.25) is 24.4 Å². The number of halogens is 1. The molecular formula is C50H59FN12O3. The lowest BCUT2D eigenvalue weighted by Crippen LogP contribution is -2.50. The maximum atomic E-state index is 15.4. The zero-order valence-corrected chi connectivity index (χ0v) is 37.7. The van der Waals surface area contributed by atoms with Crippen LogP contribution in [0.2, 0.25) is 0 Å². The molecule has 15 nitrogen and oxygen atoms in total. The van der Waals surface area contributed by atoms with Crippen LogP contribution in [0.15, 0.2) is 61.3 Å². The Morgan fingerprint density at radius 1 is 0.894 bits per heavy atom. The molecule has 0 bridgehead atoms. The third-order valence-corrected chi connectivity index (χ3v) is 15.5. The van der Waals surface area contributed by atoms with Crippen LogP contribution in [0.3, 0.4) is 0 Å².